The van der Waals surface area contributed by atoms with Crippen molar-refractivity contribution in [1.82, 2.24) is 4.90 Å². The van der Waals surface area contributed by atoms with Crippen molar-refractivity contribution in [3.63, 3.8) is 0 Å². The number of benzene rings is 1. The largest absolute Gasteiger partial charge is 0.495 e. The van der Waals surface area contributed by atoms with Gasteiger partial charge in [0, 0.05) is 19.6 Å². The van der Waals surface area contributed by atoms with Crippen LogP contribution in [-0.2, 0) is 20.5 Å². The van der Waals surface area contributed by atoms with Gasteiger partial charge in [-0.2, -0.15) is 0 Å². The van der Waals surface area contributed by atoms with Gasteiger partial charge in [-0.15, -0.1) is 0 Å². The van der Waals surface area contributed by atoms with Crippen molar-refractivity contribution in [2.24, 2.45) is 0 Å². The summed E-state index contributed by atoms with van der Waals surface area (Å²) in [4.78, 5) is 13.0. The van der Waals surface area contributed by atoms with E-state index in [1.54, 1.807) is 0 Å². The number of carboxylic acid groups (broad SMARTS) is 1. The van der Waals surface area contributed by atoms with Crippen LogP contribution in [0.25, 0.3) is 6.08 Å². The van der Waals surface area contributed by atoms with Gasteiger partial charge in [-0.25, -0.2) is 0 Å². The first-order chi connectivity index (χ1) is 13.6. The van der Waals surface area contributed by atoms with Crippen LogP contribution >= 0.6 is 0 Å². The van der Waals surface area contributed by atoms with Gasteiger partial charge in [0.05, 0.1) is 17.6 Å². The number of nitrogens with zero attached hydrogens (tertiary/aromatic N) is 1. The lowest BCUT2D eigenvalue weighted by Gasteiger charge is -2.32. The quantitative estimate of drug-likeness (QED) is 0.742. The number of rotatable bonds is 6. The molecule has 1 aromatic carbocycles. The van der Waals surface area contributed by atoms with E-state index in [1.807, 2.05) is 0 Å². The number of piperidine rings is 1. The lowest BCUT2D eigenvalue weighted by molar-refractivity contribution is -0.137. The molecule has 158 valence electrons. The normalized spacial score (nSPS) is 21.4. The van der Waals surface area contributed by atoms with E-state index in [4.69, 9.17) is 14.4 Å². The number of carboxylic acids is 1. The second-order valence-corrected chi connectivity index (χ2v) is 9.14. The third-order valence-electron chi connectivity index (χ3n) is 6.61. The summed E-state index contributed by atoms with van der Waals surface area (Å²) in [5, 5.41) is 8.87. The van der Waals surface area contributed by atoms with Crippen LogP contribution in [0.2, 0.25) is 0 Å². The molecular weight excluding hydrogens is 365 g/mol. The van der Waals surface area contributed by atoms with E-state index >= 15 is 0 Å². The van der Waals surface area contributed by atoms with Crippen LogP contribution in [0.4, 0.5) is 0 Å². The van der Waals surface area contributed by atoms with E-state index in [9.17, 15) is 4.79 Å². The average molecular weight is 399 g/mol. The van der Waals surface area contributed by atoms with E-state index < -0.39 is 5.97 Å². The first-order valence-electron chi connectivity index (χ1n) is 10.7. The molecule has 0 aromatic heterocycles. The van der Waals surface area contributed by atoms with Crippen molar-refractivity contribution in [3.8, 4) is 0 Å². The van der Waals surface area contributed by atoms with Gasteiger partial charge in [0.25, 0.3) is 0 Å². The Balaban J connectivity index is 1.76. The highest BCUT2D eigenvalue weighted by molar-refractivity contribution is 6.62. The van der Waals surface area contributed by atoms with Crippen molar-refractivity contribution in [2.45, 2.75) is 71.5 Å². The lowest BCUT2D eigenvalue weighted by Crippen LogP contribution is -2.41. The second kappa shape index (κ2) is 8.62. The molecule has 29 heavy (non-hydrogen) atoms. The van der Waals surface area contributed by atoms with Crippen molar-refractivity contribution >= 4 is 24.6 Å². The zero-order valence-corrected chi connectivity index (χ0v) is 18.5. The van der Waals surface area contributed by atoms with Crippen LogP contribution < -0.4 is 5.46 Å². The smallest absolute Gasteiger partial charge is 0.481 e. The monoisotopic (exact) mass is 399 g/mol. The van der Waals surface area contributed by atoms with Crippen molar-refractivity contribution in [2.75, 3.05) is 19.6 Å². The molecule has 5 nitrogen and oxygen atoms in total. The maximum Gasteiger partial charge on any atom is 0.495 e. The lowest BCUT2D eigenvalue weighted by atomic mass is 9.74. The SMILES string of the molecule is CCc1c(C=C2CCN(CCC(=O)O)CC2)cccc1B1OC(C)(C)C(C)(C)O1. The molecule has 0 spiro atoms. The van der Waals surface area contributed by atoms with Crippen LogP contribution in [-0.4, -0.2) is 53.9 Å². The Hall–Kier alpha value is -1.63. The van der Waals surface area contributed by atoms with Crippen LogP contribution in [0.5, 0.6) is 0 Å². The summed E-state index contributed by atoms with van der Waals surface area (Å²) < 4.78 is 12.6. The summed E-state index contributed by atoms with van der Waals surface area (Å²) in [6, 6.07) is 6.39. The van der Waals surface area contributed by atoms with E-state index in [-0.39, 0.29) is 24.7 Å². The summed E-state index contributed by atoms with van der Waals surface area (Å²) in [7, 11) is -0.342. The summed E-state index contributed by atoms with van der Waals surface area (Å²) >= 11 is 0. The molecule has 3 rings (SSSR count). The molecule has 0 saturated carbocycles. The van der Waals surface area contributed by atoms with Gasteiger partial charge in [0.2, 0.25) is 0 Å². The Morgan fingerprint density at radius 2 is 1.79 bits per heavy atom. The van der Waals surface area contributed by atoms with Crippen LogP contribution in [0, 0.1) is 0 Å². The molecule has 0 unspecified atom stereocenters. The first kappa shape index (κ1) is 22.1. The Labute approximate surface area is 175 Å². The number of hydrogen-bond donors (Lipinski definition) is 1. The maximum atomic E-state index is 10.8. The summed E-state index contributed by atoms with van der Waals surface area (Å²) in [5.74, 6) is -0.724. The molecule has 1 aromatic rings. The maximum absolute atomic E-state index is 10.8. The van der Waals surface area contributed by atoms with Gasteiger partial charge in [-0.1, -0.05) is 36.8 Å². The number of aliphatic carboxylic acids is 1. The molecule has 0 aliphatic carbocycles. The standard InChI is InChI=1S/C23H34BNO4/c1-6-19-18(16-17-10-13-25(14-11-17)15-12-21(26)27)8-7-9-20(19)24-28-22(2,3)23(4,5)29-24/h7-9,16H,6,10-15H2,1-5H3,(H,26,27). The van der Waals surface area contributed by atoms with Crippen LogP contribution in [0.15, 0.2) is 23.8 Å². The van der Waals surface area contributed by atoms with E-state index in [2.05, 4.69) is 63.8 Å². The van der Waals surface area contributed by atoms with Gasteiger partial charge in [-0.05, 0) is 63.5 Å². The highest BCUT2D eigenvalue weighted by Gasteiger charge is 2.52. The minimum absolute atomic E-state index is 0.217. The molecule has 1 N–H and O–H groups in total. The summed E-state index contributed by atoms with van der Waals surface area (Å²) in [6.07, 6.45) is 5.44. The third-order valence-corrected chi connectivity index (χ3v) is 6.61. The fraction of sp³-hybridized carbons (Fsp3) is 0.609. The number of likely N-dealkylation sites (tertiary alicyclic amines) is 1. The highest BCUT2D eigenvalue weighted by Crippen LogP contribution is 2.37. The molecule has 2 saturated heterocycles. The predicted molar refractivity (Wildman–Crippen MR) is 117 cm³/mol. The minimum atomic E-state index is -0.724. The zero-order valence-electron chi connectivity index (χ0n) is 18.5. The molecule has 0 bridgehead atoms. The first-order valence-corrected chi connectivity index (χ1v) is 10.7. The minimum Gasteiger partial charge on any atom is -0.481 e. The summed E-state index contributed by atoms with van der Waals surface area (Å²) in [5.41, 5.74) is 4.39. The van der Waals surface area contributed by atoms with E-state index in [0.29, 0.717) is 6.54 Å². The molecule has 0 amide bonds. The summed E-state index contributed by atoms with van der Waals surface area (Å²) in [6.45, 7) is 13.0. The average Bonchev–Trinajstić information content (AvgIpc) is 2.88. The van der Waals surface area contributed by atoms with Gasteiger partial charge in [-0.3, -0.25) is 4.79 Å². The topological polar surface area (TPSA) is 59.0 Å². The number of carbonyl (C=O) groups is 1. The van der Waals surface area contributed by atoms with Crippen LogP contribution in [0.1, 0.15) is 65.0 Å². The zero-order chi connectivity index (χ0) is 21.2. The molecule has 2 aliphatic rings. The third kappa shape index (κ3) is 4.93. The van der Waals surface area contributed by atoms with Crippen LogP contribution in [0.3, 0.4) is 0 Å². The fourth-order valence-electron chi connectivity index (χ4n) is 4.04. The van der Waals surface area contributed by atoms with Gasteiger partial charge < -0.3 is 19.3 Å². The van der Waals surface area contributed by atoms with Gasteiger partial charge in [0.1, 0.15) is 0 Å². The van der Waals surface area contributed by atoms with E-state index in [1.165, 1.54) is 16.7 Å². The predicted octanol–water partition coefficient (Wildman–Crippen LogP) is 3.50. The van der Waals surface area contributed by atoms with E-state index in [0.717, 1.165) is 37.8 Å². The highest BCUT2D eigenvalue weighted by atomic mass is 16.7. The molecule has 6 heteroatoms. The number of hydrogen-bond acceptors (Lipinski definition) is 4. The molecule has 2 aliphatic heterocycles. The molecule has 0 radical (unpaired) electrons. The Kier molecular flexibility index (Phi) is 6.56. The molecule has 2 fully saturated rings. The Bertz CT molecular complexity index is 761. The molecule has 2 heterocycles. The van der Waals surface area contributed by atoms with Crippen molar-refractivity contribution in [1.29, 1.82) is 0 Å². The van der Waals surface area contributed by atoms with Crippen molar-refractivity contribution in [3.05, 3.63) is 34.9 Å². The molecular formula is C23H34BNO4. The Morgan fingerprint density at radius 3 is 2.34 bits per heavy atom. The van der Waals surface area contributed by atoms with Gasteiger partial charge >= 0.3 is 13.1 Å². The fourth-order valence-corrected chi connectivity index (χ4v) is 4.04. The van der Waals surface area contributed by atoms with Crippen molar-refractivity contribution < 1.29 is 19.2 Å². The Morgan fingerprint density at radius 1 is 1.17 bits per heavy atom. The second-order valence-electron chi connectivity index (χ2n) is 9.14. The molecule has 0 atom stereocenters. The van der Waals surface area contributed by atoms with Gasteiger partial charge in [0.15, 0.2) is 0 Å².